The molecule has 0 spiro atoms. The maximum absolute atomic E-state index is 12.7. The lowest BCUT2D eigenvalue weighted by molar-refractivity contribution is -0.872. The zero-order valence-corrected chi connectivity index (χ0v) is 10.8. The third-order valence-corrected chi connectivity index (χ3v) is 4.16. The minimum atomic E-state index is -4.29. The second-order valence-electron chi connectivity index (χ2n) is 5.46. The molecule has 0 radical (unpaired) electrons. The largest absolute Gasteiger partial charge is 0.633 e. The molecule has 18 heavy (non-hydrogen) atoms. The van der Waals surface area contributed by atoms with E-state index in [2.05, 4.69) is 5.32 Å². The molecule has 2 fully saturated rings. The fraction of sp³-hybridized carbons (Fsp3) is 1.00. The van der Waals surface area contributed by atoms with Gasteiger partial charge in [-0.3, -0.25) is 5.32 Å². The van der Waals surface area contributed by atoms with E-state index in [9.17, 15) is 18.4 Å². The highest BCUT2D eigenvalue weighted by molar-refractivity contribution is 6.20. The van der Waals surface area contributed by atoms with Crippen LogP contribution in [0, 0.1) is 11.1 Å². The summed E-state index contributed by atoms with van der Waals surface area (Å²) in [5, 5.41) is 14.6. The van der Waals surface area contributed by atoms with Gasteiger partial charge in [0.15, 0.2) is 0 Å². The molecule has 0 aromatic rings. The van der Waals surface area contributed by atoms with Crippen LogP contribution in [0.2, 0.25) is 0 Å². The van der Waals surface area contributed by atoms with Crippen molar-refractivity contribution in [1.82, 2.24) is 5.32 Å². The quantitative estimate of drug-likeness (QED) is 0.366. The van der Waals surface area contributed by atoms with Crippen LogP contribution in [0.5, 0.6) is 0 Å². The zero-order chi connectivity index (χ0) is 13.4. The highest BCUT2D eigenvalue weighted by Gasteiger charge is 2.45. The van der Waals surface area contributed by atoms with Crippen LogP contribution in [0.25, 0.3) is 0 Å². The molecule has 0 aliphatic carbocycles. The Morgan fingerprint density at radius 1 is 1.22 bits per heavy atom. The van der Waals surface area contributed by atoms with Crippen molar-refractivity contribution in [3.63, 3.8) is 0 Å². The molecule has 0 saturated carbocycles. The molecular weight excluding hydrogens is 269 g/mol. The molecule has 2 saturated heterocycles. The molecule has 2 heterocycles. The van der Waals surface area contributed by atoms with E-state index in [0.717, 1.165) is 12.8 Å². The number of likely N-dealkylation sites (tertiary alicyclic amines) is 1. The van der Waals surface area contributed by atoms with Gasteiger partial charge < -0.3 is 9.85 Å². The number of hydroxylamine groups is 3. The number of hydrogen-bond donors (Lipinski definition) is 1. The van der Waals surface area contributed by atoms with Gasteiger partial charge >= 0.3 is 6.18 Å². The van der Waals surface area contributed by atoms with Crippen molar-refractivity contribution in [3.05, 3.63) is 5.21 Å². The van der Waals surface area contributed by atoms with Crippen LogP contribution in [0.3, 0.4) is 0 Å². The predicted molar refractivity (Wildman–Crippen MR) is 62.8 cm³/mol. The minimum absolute atomic E-state index is 0.0328. The molecule has 3 atom stereocenters. The highest BCUT2D eigenvalue weighted by atomic mass is 35.5. The van der Waals surface area contributed by atoms with Crippen molar-refractivity contribution >= 4 is 11.6 Å². The Bertz CT molecular complexity index is 295. The van der Waals surface area contributed by atoms with Crippen molar-refractivity contribution < 1.29 is 17.8 Å². The summed E-state index contributed by atoms with van der Waals surface area (Å²) in [4.78, 5) is 0. The van der Waals surface area contributed by atoms with Crippen LogP contribution < -0.4 is 5.32 Å². The number of piperidine rings is 1. The Morgan fingerprint density at radius 2 is 1.83 bits per heavy atom. The van der Waals surface area contributed by atoms with E-state index in [1.807, 2.05) is 0 Å². The molecule has 0 bridgehead atoms. The van der Waals surface area contributed by atoms with Crippen molar-refractivity contribution in [3.8, 4) is 0 Å². The monoisotopic (exact) mass is 286 g/mol. The molecule has 0 amide bonds. The average Bonchev–Trinajstić information content (AvgIpc) is 2.62. The Labute approximate surface area is 109 Å². The number of quaternary nitrogens is 1. The van der Waals surface area contributed by atoms with Gasteiger partial charge in [-0.05, 0) is 12.8 Å². The van der Waals surface area contributed by atoms with Crippen molar-refractivity contribution in [2.45, 2.75) is 43.4 Å². The molecule has 106 valence electrons. The topological polar surface area (TPSA) is 35.1 Å². The SMILES string of the molecule is [O-][N+]1(CC2CC(Cl)NC(C(F)(F)F)C2)CCCC1. The number of nitrogens with one attached hydrogen (secondary N) is 1. The van der Waals surface area contributed by atoms with Gasteiger partial charge in [-0.15, -0.1) is 11.6 Å². The van der Waals surface area contributed by atoms with E-state index in [-0.39, 0.29) is 23.5 Å². The first-order valence-corrected chi connectivity index (χ1v) is 6.76. The molecule has 3 nitrogen and oxygen atoms in total. The molecule has 2 rings (SSSR count). The molecule has 0 aromatic carbocycles. The summed E-state index contributed by atoms with van der Waals surface area (Å²) in [7, 11) is 0. The summed E-state index contributed by atoms with van der Waals surface area (Å²) >= 11 is 5.82. The second-order valence-corrected chi connectivity index (χ2v) is 5.99. The minimum Gasteiger partial charge on any atom is -0.633 e. The maximum Gasteiger partial charge on any atom is 0.403 e. The number of nitrogens with zero attached hydrogens (tertiary/aromatic N) is 1. The van der Waals surface area contributed by atoms with Crippen molar-refractivity contribution in [2.75, 3.05) is 19.6 Å². The molecule has 0 aromatic heterocycles. The van der Waals surface area contributed by atoms with Gasteiger partial charge in [-0.2, -0.15) is 13.2 Å². The van der Waals surface area contributed by atoms with E-state index in [1.165, 1.54) is 0 Å². The lowest BCUT2D eigenvalue weighted by Gasteiger charge is -2.44. The molecule has 2 aliphatic rings. The predicted octanol–water partition coefficient (Wildman–Crippen LogP) is 2.59. The van der Waals surface area contributed by atoms with Gasteiger partial charge in [0.1, 0.15) is 6.04 Å². The highest BCUT2D eigenvalue weighted by Crippen LogP contribution is 2.34. The standard InChI is InChI=1S/C11H18ClF3N2O/c12-10-6-8(5-9(16-10)11(13,14)15)7-17(18)3-1-2-4-17/h8-10,16H,1-7H2. The van der Waals surface area contributed by atoms with Crippen LogP contribution in [0.15, 0.2) is 0 Å². The Kier molecular flexibility index (Phi) is 4.11. The van der Waals surface area contributed by atoms with Gasteiger partial charge in [0.2, 0.25) is 0 Å². The summed E-state index contributed by atoms with van der Waals surface area (Å²) < 4.78 is 37.7. The summed E-state index contributed by atoms with van der Waals surface area (Å²) in [5.74, 6) is -0.240. The Morgan fingerprint density at radius 3 is 2.39 bits per heavy atom. The fourth-order valence-corrected chi connectivity index (χ4v) is 3.42. The number of rotatable bonds is 2. The number of hydrogen-bond acceptors (Lipinski definition) is 2. The van der Waals surface area contributed by atoms with Crippen LogP contribution in [-0.4, -0.2) is 42.0 Å². The van der Waals surface area contributed by atoms with Crippen LogP contribution in [-0.2, 0) is 0 Å². The molecule has 7 heteroatoms. The average molecular weight is 287 g/mol. The zero-order valence-electron chi connectivity index (χ0n) is 10.0. The smallest absolute Gasteiger partial charge is 0.403 e. The van der Waals surface area contributed by atoms with Gasteiger partial charge in [0.05, 0.1) is 25.1 Å². The summed E-state index contributed by atoms with van der Waals surface area (Å²) in [5.41, 5.74) is -0.690. The lowest BCUT2D eigenvalue weighted by Crippen LogP contribution is -2.54. The summed E-state index contributed by atoms with van der Waals surface area (Å²) in [6.45, 7) is 1.35. The second kappa shape index (κ2) is 5.15. The maximum atomic E-state index is 12.7. The number of alkyl halides is 4. The summed E-state index contributed by atoms with van der Waals surface area (Å²) in [6.07, 6.45) is -2.13. The van der Waals surface area contributed by atoms with Gasteiger partial charge in [0, 0.05) is 18.8 Å². The van der Waals surface area contributed by atoms with Gasteiger partial charge in [-0.25, -0.2) is 0 Å². The van der Waals surface area contributed by atoms with Crippen LogP contribution >= 0.6 is 11.6 Å². The molecule has 2 aliphatic heterocycles. The van der Waals surface area contributed by atoms with Crippen molar-refractivity contribution in [2.24, 2.45) is 5.92 Å². The first-order valence-electron chi connectivity index (χ1n) is 6.32. The molecular formula is C11H18ClF3N2O. The third-order valence-electron chi connectivity index (χ3n) is 3.86. The molecule has 1 N–H and O–H groups in total. The van der Waals surface area contributed by atoms with E-state index in [1.54, 1.807) is 0 Å². The van der Waals surface area contributed by atoms with Gasteiger partial charge in [0.25, 0.3) is 0 Å². The van der Waals surface area contributed by atoms with E-state index in [4.69, 9.17) is 11.6 Å². The summed E-state index contributed by atoms with van der Waals surface area (Å²) in [6, 6.07) is -1.58. The Hall–Kier alpha value is -0.0400. The lowest BCUT2D eigenvalue weighted by atomic mass is 9.91. The van der Waals surface area contributed by atoms with E-state index in [0.29, 0.717) is 19.5 Å². The molecule has 3 unspecified atom stereocenters. The third kappa shape index (κ3) is 3.50. The normalized spacial score (nSPS) is 36.8. The van der Waals surface area contributed by atoms with E-state index < -0.39 is 17.7 Å². The van der Waals surface area contributed by atoms with Crippen LogP contribution in [0.1, 0.15) is 25.7 Å². The first-order chi connectivity index (χ1) is 8.28. The fourth-order valence-electron chi connectivity index (χ4n) is 3.02. The van der Waals surface area contributed by atoms with E-state index >= 15 is 0 Å². The first kappa shape index (κ1) is 14.4. The van der Waals surface area contributed by atoms with Crippen molar-refractivity contribution in [1.29, 1.82) is 0 Å². The number of halogens is 4. The Balaban J connectivity index is 1.96. The van der Waals surface area contributed by atoms with Crippen LogP contribution in [0.4, 0.5) is 13.2 Å². The van der Waals surface area contributed by atoms with Gasteiger partial charge in [-0.1, -0.05) is 0 Å².